The van der Waals surface area contributed by atoms with Crippen LogP contribution in [0, 0.1) is 6.92 Å². The molecule has 1 atom stereocenters. The number of para-hydroxylation sites is 1. The number of nitrogens with zero attached hydrogens (tertiary/aromatic N) is 2. The summed E-state index contributed by atoms with van der Waals surface area (Å²) in [5, 5.41) is 3.55. The van der Waals surface area contributed by atoms with E-state index in [9.17, 15) is 4.79 Å². The van der Waals surface area contributed by atoms with E-state index in [4.69, 9.17) is 4.74 Å². The Morgan fingerprint density at radius 3 is 2.50 bits per heavy atom. The van der Waals surface area contributed by atoms with Crippen LogP contribution >= 0.6 is 0 Å². The number of carbonyl (C=O) groups is 1. The summed E-state index contributed by atoms with van der Waals surface area (Å²) in [6, 6.07) is 23.7. The number of amides is 1. The Labute approximate surface area is 177 Å². The maximum atomic E-state index is 13.4. The number of likely N-dealkylation sites (N-methyl/N-ethyl adjacent to an activating group) is 1. The molecule has 3 aromatic carbocycles. The van der Waals surface area contributed by atoms with Crippen molar-refractivity contribution >= 4 is 17.3 Å². The fourth-order valence-corrected chi connectivity index (χ4v) is 3.62. The molecule has 4 rings (SSSR count). The van der Waals surface area contributed by atoms with Crippen LogP contribution in [0.3, 0.4) is 0 Å². The van der Waals surface area contributed by atoms with Gasteiger partial charge in [0.1, 0.15) is 18.5 Å². The van der Waals surface area contributed by atoms with Crippen molar-refractivity contribution in [3.05, 3.63) is 89.5 Å². The van der Waals surface area contributed by atoms with E-state index in [-0.39, 0.29) is 12.1 Å². The van der Waals surface area contributed by atoms with E-state index in [1.165, 1.54) is 0 Å². The van der Waals surface area contributed by atoms with Gasteiger partial charge in [0.2, 0.25) is 0 Å². The van der Waals surface area contributed by atoms with Crippen LogP contribution in [0.2, 0.25) is 0 Å². The van der Waals surface area contributed by atoms with E-state index < -0.39 is 0 Å². The molecule has 0 aliphatic carbocycles. The third-order valence-corrected chi connectivity index (χ3v) is 5.21. The second-order valence-electron chi connectivity index (χ2n) is 7.83. The predicted octanol–water partition coefficient (Wildman–Crippen LogP) is 4.71. The molecule has 1 aliphatic heterocycles. The normalized spacial score (nSPS) is 15.7. The van der Waals surface area contributed by atoms with Gasteiger partial charge in [-0.3, -0.25) is 9.69 Å². The number of aryl methyl sites for hydroxylation is 1. The van der Waals surface area contributed by atoms with Crippen molar-refractivity contribution in [1.82, 2.24) is 4.90 Å². The molecule has 0 aromatic heterocycles. The number of fused-ring (bicyclic) bond motifs is 1. The van der Waals surface area contributed by atoms with E-state index in [1.807, 2.05) is 98.7 Å². The number of carbonyl (C=O) groups excluding carboxylic acids is 1. The van der Waals surface area contributed by atoms with E-state index in [0.717, 1.165) is 34.8 Å². The van der Waals surface area contributed by atoms with Crippen molar-refractivity contribution in [1.29, 1.82) is 0 Å². The summed E-state index contributed by atoms with van der Waals surface area (Å²) in [4.78, 5) is 17.4. The second kappa shape index (κ2) is 8.59. The van der Waals surface area contributed by atoms with Crippen molar-refractivity contribution in [2.24, 2.45) is 0 Å². The molecule has 0 radical (unpaired) electrons. The molecule has 1 amide bonds. The van der Waals surface area contributed by atoms with Crippen molar-refractivity contribution in [2.45, 2.75) is 13.1 Å². The highest BCUT2D eigenvalue weighted by Crippen LogP contribution is 2.37. The lowest BCUT2D eigenvalue weighted by molar-refractivity contribution is 0.0975. The SMILES string of the molecule is Cc1cccc(N2C(=O)c3ccccc3NC2c2ccc(OCCN(C)C)cc2)c1. The number of ether oxygens (including phenoxy) is 1. The van der Waals surface area contributed by atoms with Crippen LogP contribution in [0.4, 0.5) is 11.4 Å². The third kappa shape index (κ3) is 4.16. The van der Waals surface area contributed by atoms with Crippen LogP contribution in [0.15, 0.2) is 72.8 Å². The molecule has 0 bridgehead atoms. The van der Waals surface area contributed by atoms with Crippen LogP contribution < -0.4 is 15.0 Å². The van der Waals surface area contributed by atoms with E-state index in [2.05, 4.69) is 10.2 Å². The van der Waals surface area contributed by atoms with Crippen LogP contribution in [0.25, 0.3) is 0 Å². The highest BCUT2D eigenvalue weighted by molar-refractivity contribution is 6.12. The van der Waals surface area contributed by atoms with Crippen molar-refractivity contribution in [3.63, 3.8) is 0 Å². The van der Waals surface area contributed by atoms with Crippen LogP contribution in [0.5, 0.6) is 5.75 Å². The fraction of sp³-hybridized carbons (Fsp3) is 0.240. The summed E-state index contributed by atoms with van der Waals surface area (Å²) in [7, 11) is 4.05. The maximum Gasteiger partial charge on any atom is 0.262 e. The van der Waals surface area contributed by atoms with E-state index >= 15 is 0 Å². The summed E-state index contributed by atoms with van der Waals surface area (Å²) < 4.78 is 5.82. The Morgan fingerprint density at radius 1 is 1.00 bits per heavy atom. The molecule has 1 unspecified atom stereocenters. The number of anilines is 2. The molecule has 154 valence electrons. The Hall–Kier alpha value is -3.31. The first kappa shape index (κ1) is 20.0. The largest absolute Gasteiger partial charge is 0.492 e. The molecule has 0 saturated heterocycles. The number of benzene rings is 3. The number of hydrogen-bond acceptors (Lipinski definition) is 4. The van der Waals surface area contributed by atoms with Gasteiger partial charge in [-0.15, -0.1) is 0 Å². The molecule has 1 aliphatic rings. The zero-order valence-electron chi connectivity index (χ0n) is 17.6. The Kier molecular flexibility index (Phi) is 5.72. The summed E-state index contributed by atoms with van der Waals surface area (Å²) in [6.45, 7) is 3.53. The molecule has 0 saturated carbocycles. The van der Waals surface area contributed by atoms with Crippen LogP contribution in [-0.2, 0) is 0 Å². The predicted molar refractivity (Wildman–Crippen MR) is 121 cm³/mol. The van der Waals surface area contributed by atoms with Crippen molar-refractivity contribution < 1.29 is 9.53 Å². The lowest BCUT2D eigenvalue weighted by atomic mass is 10.0. The minimum absolute atomic E-state index is 0.00809. The molecule has 0 fully saturated rings. The smallest absolute Gasteiger partial charge is 0.262 e. The average molecular weight is 402 g/mol. The summed E-state index contributed by atoms with van der Waals surface area (Å²) in [5.41, 5.74) is 4.52. The molecular formula is C25H27N3O2. The lowest BCUT2D eigenvalue weighted by Gasteiger charge is -2.38. The third-order valence-electron chi connectivity index (χ3n) is 5.21. The first-order valence-electron chi connectivity index (χ1n) is 10.2. The molecule has 1 N–H and O–H groups in total. The fourth-order valence-electron chi connectivity index (χ4n) is 3.62. The Balaban J connectivity index is 1.66. The molecule has 0 spiro atoms. The first-order valence-corrected chi connectivity index (χ1v) is 10.2. The molecule has 3 aromatic rings. The molecular weight excluding hydrogens is 374 g/mol. The van der Waals surface area contributed by atoms with Gasteiger partial charge in [0.25, 0.3) is 5.91 Å². The minimum Gasteiger partial charge on any atom is -0.492 e. The lowest BCUT2D eigenvalue weighted by Crippen LogP contribution is -2.43. The van der Waals surface area contributed by atoms with Gasteiger partial charge in [0.15, 0.2) is 0 Å². The zero-order chi connectivity index (χ0) is 21.1. The van der Waals surface area contributed by atoms with Gasteiger partial charge in [-0.05, 0) is 68.5 Å². The van der Waals surface area contributed by atoms with Gasteiger partial charge >= 0.3 is 0 Å². The van der Waals surface area contributed by atoms with Gasteiger partial charge in [-0.1, -0.05) is 36.4 Å². The molecule has 1 heterocycles. The average Bonchev–Trinajstić information content (AvgIpc) is 2.74. The highest BCUT2D eigenvalue weighted by Gasteiger charge is 2.34. The van der Waals surface area contributed by atoms with E-state index in [0.29, 0.717) is 12.2 Å². The standard InChI is InChI=1S/C25H27N3O2/c1-18-7-6-8-20(17-18)28-24(26-23-10-5-4-9-22(23)25(28)29)19-11-13-21(14-12-19)30-16-15-27(2)3/h4-14,17,24,26H,15-16H2,1-3H3. The Morgan fingerprint density at radius 2 is 1.77 bits per heavy atom. The van der Waals surface area contributed by atoms with E-state index in [1.54, 1.807) is 0 Å². The molecule has 5 nitrogen and oxygen atoms in total. The maximum absolute atomic E-state index is 13.4. The van der Waals surface area contributed by atoms with Gasteiger partial charge in [-0.25, -0.2) is 0 Å². The first-order chi connectivity index (χ1) is 14.5. The second-order valence-corrected chi connectivity index (χ2v) is 7.83. The summed E-state index contributed by atoms with van der Waals surface area (Å²) in [6.07, 6.45) is -0.301. The van der Waals surface area contributed by atoms with Gasteiger partial charge < -0.3 is 15.0 Å². The Bertz CT molecular complexity index is 1030. The van der Waals surface area contributed by atoms with Gasteiger partial charge in [0, 0.05) is 17.9 Å². The number of rotatable bonds is 6. The minimum atomic E-state index is -0.301. The number of hydrogen-bond donors (Lipinski definition) is 1. The summed E-state index contributed by atoms with van der Waals surface area (Å²) >= 11 is 0. The van der Waals surface area contributed by atoms with Crippen molar-refractivity contribution in [3.8, 4) is 5.75 Å². The van der Waals surface area contributed by atoms with Gasteiger partial charge in [-0.2, -0.15) is 0 Å². The molecule has 5 heteroatoms. The van der Waals surface area contributed by atoms with Gasteiger partial charge in [0.05, 0.1) is 5.56 Å². The zero-order valence-corrected chi connectivity index (χ0v) is 17.6. The van der Waals surface area contributed by atoms with Crippen LogP contribution in [0.1, 0.15) is 27.7 Å². The molecule has 30 heavy (non-hydrogen) atoms. The number of nitrogens with one attached hydrogen (secondary N) is 1. The topological polar surface area (TPSA) is 44.8 Å². The summed E-state index contributed by atoms with van der Waals surface area (Å²) in [5.74, 6) is 0.816. The monoisotopic (exact) mass is 401 g/mol. The van der Waals surface area contributed by atoms with Crippen LogP contribution in [-0.4, -0.2) is 38.1 Å². The van der Waals surface area contributed by atoms with Crippen molar-refractivity contribution in [2.75, 3.05) is 37.5 Å². The highest BCUT2D eigenvalue weighted by atomic mass is 16.5. The quantitative estimate of drug-likeness (QED) is 0.650.